The molecule has 7 heteroatoms. The molecule has 0 aromatic carbocycles. The molecule has 1 aliphatic heterocycles. The number of carboxylic acid groups (broad SMARTS) is 1. The van der Waals surface area contributed by atoms with Crippen LogP contribution < -0.4 is 5.32 Å². The number of aliphatic carboxylic acids is 1. The maximum atomic E-state index is 12.4. The van der Waals surface area contributed by atoms with Crippen LogP contribution in [0.15, 0.2) is 16.5 Å². The average Bonchev–Trinajstić information content (AvgIpc) is 2.97. The van der Waals surface area contributed by atoms with Gasteiger partial charge in [0, 0.05) is 26.8 Å². The zero-order valence-electron chi connectivity index (χ0n) is 13.6. The summed E-state index contributed by atoms with van der Waals surface area (Å²) in [6, 6.07) is 3.27. The number of furan rings is 1. The molecule has 2 amide bonds. The number of carbonyl (C=O) groups excluding carboxylic acids is 1. The molecule has 1 aliphatic rings. The summed E-state index contributed by atoms with van der Waals surface area (Å²) in [5.74, 6) is 0.359. The maximum Gasteiger partial charge on any atom is 0.317 e. The minimum atomic E-state index is -0.783. The van der Waals surface area contributed by atoms with E-state index in [1.165, 1.54) is 0 Å². The summed E-state index contributed by atoms with van der Waals surface area (Å²) in [5, 5.41) is 12.0. The third-order valence-corrected chi connectivity index (χ3v) is 4.14. The lowest BCUT2D eigenvalue weighted by atomic mass is 9.97. The van der Waals surface area contributed by atoms with Gasteiger partial charge in [-0.3, -0.25) is 4.79 Å². The topological polar surface area (TPSA) is 92.0 Å². The summed E-state index contributed by atoms with van der Waals surface area (Å²) in [5.41, 5.74) is 0. The van der Waals surface area contributed by atoms with Gasteiger partial charge in [-0.2, -0.15) is 0 Å². The average molecular weight is 324 g/mol. The summed E-state index contributed by atoms with van der Waals surface area (Å²) in [7, 11) is 1.61. The molecule has 0 spiro atoms. The number of hydrogen-bond acceptors (Lipinski definition) is 4. The Hall–Kier alpha value is -2.02. The van der Waals surface area contributed by atoms with E-state index in [0.29, 0.717) is 44.7 Å². The normalized spacial score (nSPS) is 17.0. The van der Waals surface area contributed by atoms with E-state index in [4.69, 9.17) is 14.3 Å². The van der Waals surface area contributed by atoms with Crippen molar-refractivity contribution >= 4 is 12.0 Å². The highest BCUT2D eigenvalue weighted by Crippen LogP contribution is 2.22. The Labute approximate surface area is 135 Å². The summed E-state index contributed by atoms with van der Waals surface area (Å²) in [6.45, 7) is 3.27. The molecule has 1 aromatic heterocycles. The number of amides is 2. The van der Waals surface area contributed by atoms with Gasteiger partial charge >= 0.3 is 12.0 Å². The van der Waals surface area contributed by atoms with Crippen LogP contribution in [-0.4, -0.2) is 48.8 Å². The number of methoxy groups -OCH3 is 1. The van der Waals surface area contributed by atoms with Crippen molar-refractivity contribution in [2.24, 2.45) is 5.92 Å². The number of nitrogens with zero attached hydrogens (tertiary/aromatic N) is 1. The molecule has 2 rings (SSSR count). The number of carboxylic acids is 1. The lowest BCUT2D eigenvalue weighted by molar-refractivity contribution is -0.143. The van der Waals surface area contributed by atoms with E-state index >= 15 is 0 Å². The van der Waals surface area contributed by atoms with Gasteiger partial charge in [-0.1, -0.05) is 0 Å². The number of aryl methyl sites for hydroxylation is 1. The molecule has 2 heterocycles. The Bertz CT molecular complexity index is 534. The van der Waals surface area contributed by atoms with Crippen molar-refractivity contribution in [3.05, 3.63) is 23.7 Å². The van der Waals surface area contributed by atoms with E-state index in [0.717, 1.165) is 5.76 Å². The summed E-state index contributed by atoms with van der Waals surface area (Å²) in [6.07, 6.45) is 1.59. The minimum absolute atomic E-state index is 0.191. The second-order valence-electron chi connectivity index (χ2n) is 5.83. The van der Waals surface area contributed by atoms with Gasteiger partial charge < -0.3 is 24.5 Å². The number of piperidine rings is 1. The van der Waals surface area contributed by atoms with Crippen LogP contribution in [0.3, 0.4) is 0 Å². The van der Waals surface area contributed by atoms with Crippen LogP contribution in [0, 0.1) is 12.8 Å². The zero-order chi connectivity index (χ0) is 16.8. The molecular formula is C16H24N2O5. The van der Waals surface area contributed by atoms with Crippen molar-refractivity contribution in [1.82, 2.24) is 10.2 Å². The standard InChI is InChI=1S/C16H24N2O5/c1-11-3-4-14(23-11)13(7-10-22-2)17-16(21)18-8-5-12(6-9-18)15(19)20/h3-4,12-13H,5-10H2,1-2H3,(H,17,21)(H,19,20). The Morgan fingerprint density at radius 3 is 2.65 bits per heavy atom. The number of ether oxygens (including phenoxy) is 1. The van der Waals surface area contributed by atoms with Crippen molar-refractivity contribution in [3.63, 3.8) is 0 Å². The molecule has 0 bridgehead atoms. The highest BCUT2D eigenvalue weighted by atomic mass is 16.5. The third kappa shape index (κ3) is 4.72. The smallest absolute Gasteiger partial charge is 0.317 e. The number of likely N-dealkylation sites (tertiary alicyclic amines) is 1. The molecule has 7 nitrogen and oxygen atoms in total. The van der Waals surface area contributed by atoms with E-state index in [2.05, 4.69) is 5.32 Å². The fraction of sp³-hybridized carbons (Fsp3) is 0.625. The zero-order valence-corrected chi connectivity index (χ0v) is 13.6. The van der Waals surface area contributed by atoms with Crippen molar-refractivity contribution in [2.45, 2.75) is 32.2 Å². The number of urea groups is 1. The lowest BCUT2D eigenvalue weighted by Gasteiger charge is -2.31. The van der Waals surface area contributed by atoms with Crippen molar-refractivity contribution in [3.8, 4) is 0 Å². The number of carbonyl (C=O) groups is 2. The number of nitrogens with one attached hydrogen (secondary N) is 1. The summed E-state index contributed by atoms with van der Waals surface area (Å²) < 4.78 is 10.7. The van der Waals surface area contributed by atoms with Crippen LogP contribution in [0.2, 0.25) is 0 Å². The van der Waals surface area contributed by atoms with Gasteiger partial charge in [0.05, 0.1) is 12.0 Å². The Morgan fingerprint density at radius 1 is 1.43 bits per heavy atom. The fourth-order valence-electron chi connectivity index (χ4n) is 2.73. The lowest BCUT2D eigenvalue weighted by Crippen LogP contribution is -2.46. The van der Waals surface area contributed by atoms with E-state index < -0.39 is 5.97 Å². The van der Waals surface area contributed by atoms with Gasteiger partial charge in [-0.15, -0.1) is 0 Å². The van der Waals surface area contributed by atoms with Gasteiger partial charge in [-0.25, -0.2) is 4.79 Å². The first-order valence-electron chi connectivity index (χ1n) is 7.84. The van der Waals surface area contributed by atoms with Gasteiger partial charge in [0.15, 0.2) is 0 Å². The molecule has 1 atom stereocenters. The molecule has 23 heavy (non-hydrogen) atoms. The Kier molecular flexibility index (Phi) is 6.04. The minimum Gasteiger partial charge on any atom is -0.481 e. The first-order valence-corrected chi connectivity index (χ1v) is 7.84. The van der Waals surface area contributed by atoms with Crippen LogP contribution in [-0.2, 0) is 9.53 Å². The van der Waals surface area contributed by atoms with Crippen LogP contribution in [0.5, 0.6) is 0 Å². The van der Waals surface area contributed by atoms with Crippen LogP contribution in [0.4, 0.5) is 4.79 Å². The van der Waals surface area contributed by atoms with E-state index in [1.54, 1.807) is 12.0 Å². The molecule has 0 aliphatic carbocycles. The van der Waals surface area contributed by atoms with Gasteiger partial charge in [-0.05, 0) is 38.3 Å². The van der Waals surface area contributed by atoms with E-state index in [9.17, 15) is 9.59 Å². The molecule has 1 fully saturated rings. The first kappa shape index (κ1) is 17.3. The number of hydrogen-bond donors (Lipinski definition) is 2. The monoisotopic (exact) mass is 324 g/mol. The SMILES string of the molecule is COCCC(NC(=O)N1CCC(C(=O)O)CC1)c1ccc(C)o1. The molecular weight excluding hydrogens is 300 g/mol. The van der Waals surface area contributed by atoms with Gasteiger partial charge in [0.2, 0.25) is 0 Å². The second kappa shape index (κ2) is 8.01. The molecule has 128 valence electrons. The Balaban J connectivity index is 1.94. The largest absolute Gasteiger partial charge is 0.481 e. The van der Waals surface area contributed by atoms with Crippen LogP contribution in [0.1, 0.15) is 36.8 Å². The van der Waals surface area contributed by atoms with Crippen molar-refractivity contribution in [2.75, 3.05) is 26.8 Å². The molecule has 1 saturated heterocycles. The summed E-state index contributed by atoms with van der Waals surface area (Å²) in [4.78, 5) is 25.0. The molecule has 1 aromatic rings. The van der Waals surface area contributed by atoms with Crippen molar-refractivity contribution < 1.29 is 23.8 Å². The van der Waals surface area contributed by atoms with E-state index in [-0.39, 0.29) is 18.0 Å². The molecule has 1 unspecified atom stereocenters. The predicted octanol–water partition coefficient (Wildman–Crippen LogP) is 2.17. The fourth-order valence-corrected chi connectivity index (χ4v) is 2.73. The highest BCUT2D eigenvalue weighted by molar-refractivity contribution is 5.75. The van der Waals surface area contributed by atoms with Crippen molar-refractivity contribution in [1.29, 1.82) is 0 Å². The maximum absolute atomic E-state index is 12.4. The highest BCUT2D eigenvalue weighted by Gasteiger charge is 2.28. The van der Waals surface area contributed by atoms with Crippen LogP contribution in [0.25, 0.3) is 0 Å². The second-order valence-corrected chi connectivity index (χ2v) is 5.83. The number of rotatable bonds is 6. The van der Waals surface area contributed by atoms with E-state index in [1.807, 2.05) is 19.1 Å². The molecule has 0 radical (unpaired) electrons. The first-order chi connectivity index (χ1) is 11.0. The molecule has 0 saturated carbocycles. The predicted molar refractivity (Wildman–Crippen MR) is 83.1 cm³/mol. The van der Waals surface area contributed by atoms with Gasteiger partial charge in [0.25, 0.3) is 0 Å². The quantitative estimate of drug-likeness (QED) is 0.836. The summed E-state index contributed by atoms with van der Waals surface area (Å²) >= 11 is 0. The van der Waals surface area contributed by atoms with Gasteiger partial charge in [0.1, 0.15) is 11.5 Å². The van der Waals surface area contributed by atoms with Crippen LogP contribution >= 0.6 is 0 Å². The third-order valence-electron chi connectivity index (χ3n) is 4.14. The Morgan fingerprint density at radius 2 is 2.13 bits per heavy atom. The molecule has 2 N–H and O–H groups in total.